The van der Waals surface area contributed by atoms with Gasteiger partial charge in [-0.1, -0.05) is 13.8 Å². The van der Waals surface area contributed by atoms with Gasteiger partial charge in [0.25, 0.3) is 0 Å². The van der Waals surface area contributed by atoms with Gasteiger partial charge in [0.15, 0.2) is 0 Å². The van der Waals surface area contributed by atoms with Crippen molar-refractivity contribution >= 4 is 0 Å². The quantitative estimate of drug-likeness (QED) is 0.600. The minimum absolute atomic E-state index is 0.289. The Morgan fingerprint density at radius 2 is 2.00 bits per heavy atom. The highest BCUT2D eigenvalue weighted by molar-refractivity contribution is 4.68. The van der Waals surface area contributed by atoms with Crippen LogP contribution in [0.1, 0.15) is 33.6 Å². The summed E-state index contributed by atoms with van der Waals surface area (Å²) in [5, 5.41) is 0. The number of ether oxygens (including phenoxy) is 1. The van der Waals surface area contributed by atoms with Crippen LogP contribution < -0.4 is 5.73 Å². The molecule has 0 spiro atoms. The number of rotatable bonds is 6. The topological polar surface area (TPSA) is 35.2 Å². The van der Waals surface area contributed by atoms with Crippen molar-refractivity contribution in [1.29, 1.82) is 0 Å². The molecule has 0 aromatic carbocycles. The first-order valence-corrected chi connectivity index (χ1v) is 4.40. The Balaban J connectivity index is 3.23. The maximum Gasteiger partial charge on any atom is 0.0466 e. The van der Waals surface area contributed by atoms with E-state index < -0.39 is 0 Å². The van der Waals surface area contributed by atoms with Crippen molar-refractivity contribution in [2.75, 3.05) is 19.8 Å². The van der Waals surface area contributed by atoms with Gasteiger partial charge in [0.05, 0.1) is 0 Å². The van der Waals surface area contributed by atoms with Crippen molar-refractivity contribution in [3.8, 4) is 0 Å². The van der Waals surface area contributed by atoms with Crippen LogP contribution in [0, 0.1) is 5.41 Å². The van der Waals surface area contributed by atoms with Crippen molar-refractivity contribution in [2.24, 2.45) is 11.1 Å². The van der Waals surface area contributed by atoms with Crippen LogP contribution in [-0.4, -0.2) is 19.8 Å². The summed E-state index contributed by atoms with van der Waals surface area (Å²) in [4.78, 5) is 0. The van der Waals surface area contributed by atoms with E-state index in [1.54, 1.807) is 0 Å². The van der Waals surface area contributed by atoms with Crippen LogP contribution in [0.5, 0.6) is 0 Å². The molecule has 0 aromatic rings. The molecule has 0 aliphatic carbocycles. The lowest BCUT2D eigenvalue weighted by atomic mass is 9.88. The summed E-state index contributed by atoms with van der Waals surface area (Å²) in [6.07, 6.45) is 2.28. The third-order valence-corrected chi connectivity index (χ3v) is 1.90. The minimum atomic E-state index is 0.289. The lowest BCUT2D eigenvalue weighted by Crippen LogP contribution is -2.23. The Bertz CT molecular complexity index is 91.6. The van der Waals surface area contributed by atoms with Gasteiger partial charge in [-0.05, 0) is 31.7 Å². The molecule has 0 atom stereocenters. The van der Waals surface area contributed by atoms with E-state index in [0.717, 1.165) is 32.6 Å². The normalized spacial score (nSPS) is 12.0. The lowest BCUT2D eigenvalue weighted by Gasteiger charge is -2.21. The third-order valence-electron chi connectivity index (χ3n) is 1.90. The summed E-state index contributed by atoms with van der Waals surface area (Å²) >= 11 is 0. The van der Waals surface area contributed by atoms with Gasteiger partial charge in [-0.15, -0.1) is 0 Å². The first-order chi connectivity index (χ1) is 5.12. The summed E-state index contributed by atoms with van der Waals surface area (Å²) in [5.74, 6) is 0. The van der Waals surface area contributed by atoms with E-state index in [-0.39, 0.29) is 5.41 Å². The monoisotopic (exact) mass is 159 g/mol. The third kappa shape index (κ3) is 6.32. The molecule has 0 aliphatic rings. The van der Waals surface area contributed by atoms with E-state index in [2.05, 4.69) is 13.8 Å². The second-order valence-corrected chi connectivity index (χ2v) is 3.67. The number of hydrogen-bond donors (Lipinski definition) is 1. The molecule has 2 heteroatoms. The van der Waals surface area contributed by atoms with Crippen LogP contribution in [0.15, 0.2) is 0 Å². The molecule has 0 saturated heterocycles. The zero-order valence-electron chi connectivity index (χ0n) is 8.02. The molecular formula is C9H21NO. The molecule has 0 amide bonds. The number of hydrogen-bond acceptors (Lipinski definition) is 2. The summed E-state index contributed by atoms with van der Waals surface area (Å²) in [5.41, 5.74) is 5.87. The van der Waals surface area contributed by atoms with Gasteiger partial charge in [-0.3, -0.25) is 0 Å². The van der Waals surface area contributed by atoms with E-state index in [1.165, 1.54) is 0 Å². The predicted molar refractivity (Wildman–Crippen MR) is 48.6 cm³/mol. The highest BCUT2D eigenvalue weighted by Crippen LogP contribution is 2.19. The average Bonchev–Trinajstić information content (AvgIpc) is 1.99. The largest absolute Gasteiger partial charge is 0.382 e. The molecule has 0 heterocycles. The fourth-order valence-electron chi connectivity index (χ4n) is 0.899. The zero-order valence-corrected chi connectivity index (χ0v) is 8.02. The van der Waals surface area contributed by atoms with Gasteiger partial charge in [-0.2, -0.15) is 0 Å². The van der Waals surface area contributed by atoms with E-state index >= 15 is 0 Å². The van der Waals surface area contributed by atoms with Gasteiger partial charge >= 0.3 is 0 Å². The standard InChI is InChI=1S/C9H21NO/c1-4-11-7-5-6-9(2,3)8-10/h4-8,10H2,1-3H3. The Morgan fingerprint density at radius 1 is 1.36 bits per heavy atom. The number of nitrogens with two attached hydrogens (primary N) is 1. The van der Waals surface area contributed by atoms with Gasteiger partial charge in [-0.25, -0.2) is 0 Å². The average molecular weight is 159 g/mol. The summed E-state index contributed by atoms with van der Waals surface area (Å²) < 4.78 is 5.23. The highest BCUT2D eigenvalue weighted by Gasteiger charge is 2.13. The van der Waals surface area contributed by atoms with Crippen molar-refractivity contribution < 1.29 is 4.74 Å². The molecule has 0 fully saturated rings. The molecular weight excluding hydrogens is 138 g/mol. The van der Waals surface area contributed by atoms with Crippen LogP contribution in [0.4, 0.5) is 0 Å². The molecule has 0 unspecified atom stereocenters. The van der Waals surface area contributed by atoms with Crippen LogP contribution in [-0.2, 0) is 4.74 Å². The van der Waals surface area contributed by atoms with E-state index in [9.17, 15) is 0 Å². The smallest absolute Gasteiger partial charge is 0.0466 e. The van der Waals surface area contributed by atoms with E-state index in [1.807, 2.05) is 6.92 Å². The molecule has 68 valence electrons. The molecule has 0 radical (unpaired) electrons. The fraction of sp³-hybridized carbons (Fsp3) is 1.00. The fourth-order valence-corrected chi connectivity index (χ4v) is 0.899. The van der Waals surface area contributed by atoms with Gasteiger partial charge in [0.1, 0.15) is 0 Å². The van der Waals surface area contributed by atoms with Gasteiger partial charge < -0.3 is 10.5 Å². The molecule has 11 heavy (non-hydrogen) atoms. The zero-order chi connectivity index (χ0) is 8.74. The van der Waals surface area contributed by atoms with Crippen molar-refractivity contribution in [2.45, 2.75) is 33.6 Å². The highest BCUT2D eigenvalue weighted by atomic mass is 16.5. The molecule has 0 aliphatic heterocycles. The maximum absolute atomic E-state index is 5.58. The van der Waals surface area contributed by atoms with Gasteiger partial charge in [0.2, 0.25) is 0 Å². The second kappa shape index (κ2) is 5.56. The summed E-state index contributed by atoms with van der Waals surface area (Å²) in [6.45, 7) is 8.87. The Morgan fingerprint density at radius 3 is 2.45 bits per heavy atom. The Kier molecular flexibility index (Phi) is 5.51. The second-order valence-electron chi connectivity index (χ2n) is 3.67. The predicted octanol–water partition coefficient (Wildman–Crippen LogP) is 1.79. The summed E-state index contributed by atoms with van der Waals surface area (Å²) in [6, 6.07) is 0. The van der Waals surface area contributed by atoms with E-state index in [4.69, 9.17) is 10.5 Å². The first-order valence-electron chi connectivity index (χ1n) is 4.40. The van der Waals surface area contributed by atoms with Crippen molar-refractivity contribution in [1.82, 2.24) is 0 Å². The van der Waals surface area contributed by atoms with Gasteiger partial charge in [0, 0.05) is 13.2 Å². The molecule has 0 saturated carbocycles. The lowest BCUT2D eigenvalue weighted by molar-refractivity contribution is 0.133. The molecule has 2 N–H and O–H groups in total. The Labute approximate surface area is 70.1 Å². The molecule has 0 aromatic heterocycles. The van der Waals surface area contributed by atoms with Crippen molar-refractivity contribution in [3.63, 3.8) is 0 Å². The molecule has 2 nitrogen and oxygen atoms in total. The van der Waals surface area contributed by atoms with Crippen LogP contribution in [0.25, 0.3) is 0 Å². The maximum atomic E-state index is 5.58. The minimum Gasteiger partial charge on any atom is -0.382 e. The van der Waals surface area contributed by atoms with Crippen LogP contribution in [0.3, 0.4) is 0 Å². The molecule has 0 rings (SSSR count). The van der Waals surface area contributed by atoms with Crippen molar-refractivity contribution in [3.05, 3.63) is 0 Å². The van der Waals surface area contributed by atoms with E-state index in [0.29, 0.717) is 0 Å². The SMILES string of the molecule is CCOCCCC(C)(C)CN. The molecule has 0 bridgehead atoms. The van der Waals surface area contributed by atoms with Crippen LogP contribution in [0.2, 0.25) is 0 Å². The summed E-state index contributed by atoms with van der Waals surface area (Å²) in [7, 11) is 0. The van der Waals surface area contributed by atoms with Crippen LogP contribution >= 0.6 is 0 Å². The Hall–Kier alpha value is -0.0800. The first kappa shape index (κ1) is 10.9.